The predicted octanol–water partition coefficient (Wildman–Crippen LogP) is 0.911. The first kappa shape index (κ1) is 17.0. The number of hydrogen-bond donors (Lipinski definition) is 2. The van der Waals surface area contributed by atoms with Gasteiger partial charge in [-0.25, -0.2) is 8.42 Å². The number of carbonyl (C=O) groups is 1. The van der Waals surface area contributed by atoms with Crippen LogP contribution in [0.2, 0.25) is 0 Å². The van der Waals surface area contributed by atoms with Crippen LogP contribution in [-0.4, -0.2) is 35.4 Å². The third-order valence-electron chi connectivity index (χ3n) is 2.66. The van der Waals surface area contributed by atoms with Crippen molar-refractivity contribution >= 4 is 21.8 Å². The summed E-state index contributed by atoms with van der Waals surface area (Å²) in [5, 5.41) is 19.4. The van der Waals surface area contributed by atoms with Crippen LogP contribution in [0.5, 0.6) is 0 Å². The molecule has 0 aliphatic carbocycles. The number of nitro groups is 1. The number of nitrogens with one attached hydrogen (secondary N) is 1. The number of sulfonamides is 1. The molecule has 116 valence electrons. The topological polar surface area (TPSA) is 140 Å². The van der Waals surface area contributed by atoms with Crippen molar-refractivity contribution in [3.63, 3.8) is 0 Å². The zero-order valence-corrected chi connectivity index (χ0v) is 12.0. The van der Waals surface area contributed by atoms with E-state index in [1.165, 1.54) is 0 Å². The van der Waals surface area contributed by atoms with Gasteiger partial charge in [0.2, 0.25) is 10.0 Å². The van der Waals surface area contributed by atoms with E-state index in [0.717, 1.165) is 24.8 Å². The Morgan fingerprint density at radius 2 is 2.19 bits per heavy atom. The fourth-order valence-corrected chi connectivity index (χ4v) is 2.70. The zero-order valence-electron chi connectivity index (χ0n) is 11.2. The molecule has 10 heteroatoms. The Morgan fingerprint density at radius 1 is 1.52 bits per heavy atom. The Kier molecular flexibility index (Phi) is 5.73. The SMILES string of the molecule is CCCCC(NS(=O)(=O)c1ccc([N+](=O)[O-])nc1)C(=O)O. The number of aliphatic carboxylic acids is 1. The first-order chi connectivity index (χ1) is 9.77. The fraction of sp³-hybridized carbons (Fsp3) is 0.455. The maximum absolute atomic E-state index is 12.0. The number of rotatable bonds is 8. The molecule has 0 amide bonds. The monoisotopic (exact) mass is 317 g/mol. The average Bonchev–Trinajstić information content (AvgIpc) is 2.43. The summed E-state index contributed by atoms with van der Waals surface area (Å²) in [6.45, 7) is 1.85. The van der Waals surface area contributed by atoms with Crippen LogP contribution in [0.3, 0.4) is 0 Å². The number of carboxylic acid groups (broad SMARTS) is 1. The number of carboxylic acids is 1. The smallest absolute Gasteiger partial charge is 0.363 e. The lowest BCUT2D eigenvalue weighted by Crippen LogP contribution is -2.40. The largest absolute Gasteiger partial charge is 0.480 e. The zero-order chi connectivity index (χ0) is 16.0. The molecule has 1 aromatic heterocycles. The van der Waals surface area contributed by atoms with Gasteiger partial charge < -0.3 is 15.2 Å². The van der Waals surface area contributed by atoms with Gasteiger partial charge in [-0.15, -0.1) is 0 Å². The molecule has 0 bridgehead atoms. The number of unbranched alkanes of at least 4 members (excludes halogenated alkanes) is 1. The van der Waals surface area contributed by atoms with E-state index in [9.17, 15) is 23.3 Å². The first-order valence-corrected chi connectivity index (χ1v) is 7.62. The van der Waals surface area contributed by atoms with Crippen LogP contribution in [0.25, 0.3) is 0 Å². The molecule has 0 radical (unpaired) electrons. The molecule has 0 spiro atoms. The van der Waals surface area contributed by atoms with Gasteiger partial charge in [0.25, 0.3) is 0 Å². The van der Waals surface area contributed by atoms with Gasteiger partial charge in [0.1, 0.15) is 10.9 Å². The summed E-state index contributed by atoms with van der Waals surface area (Å²) in [6, 6.07) is 0.702. The highest BCUT2D eigenvalue weighted by Crippen LogP contribution is 2.13. The van der Waals surface area contributed by atoms with Crippen LogP contribution >= 0.6 is 0 Å². The molecule has 1 aromatic rings. The van der Waals surface area contributed by atoms with Crippen molar-refractivity contribution in [3.05, 3.63) is 28.4 Å². The summed E-state index contributed by atoms with van der Waals surface area (Å²) in [4.78, 5) is 23.8. The molecule has 1 heterocycles. The van der Waals surface area contributed by atoms with Crippen LogP contribution in [-0.2, 0) is 14.8 Å². The normalized spacial score (nSPS) is 12.8. The van der Waals surface area contributed by atoms with Gasteiger partial charge in [-0.2, -0.15) is 4.72 Å². The van der Waals surface area contributed by atoms with Gasteiger partial charge in [0.15, 0.2) is 6.20 Å². The molecule has 9 nitrogen and oxygen atoms in total. The summed E-state index contributed by atoms with van der Waals surface area (Å²) in [5.41, 5.74) is 0. The van der Waals surface area contributed by atoms with Gasteiger partial charge in [0.05, 0.1) is 0 Å². The van der Waals surface area contributed by atoms with Gasteiger partial charge in [-0.3, -0.25) is 4.79 Å². The van der Waals surface area contributed by atoms with Crippen molar-refractivity contribution in [1.82, 2.24) is 9.71 Å². The molecule has 0 aromatic carbocycles. The highest BCUT2D eigenvalue weighted by molar-refractivity contribution is 7.89. The molecule has 0 saturated carbocycles. The molecule has 0 aliphatic heterocycles. The maximum Gasteiger partial charge on any atom is 0.363 e. The summed E-state index contributed by atoms with van der Waals surface area (Å²) >= 11 is 0. The molecule has 1 unspecified atom stereocenters. The summed E-state index contributed by atoms with van der Waals surface area (Å²) < 4.78 is 26.1. The Bertz CT molecular complexity index is 613. The van der Waals surface area contributed by atoms with Crippen LogP contribution in [0.4, 0.5) is 5.82 Å². The highest BCUT2D eigenvalue weighted by Gasteiger charge is 2.26. The minimum Gasteiger partial charge on any atom is -0.480 e. The maximum atomic E-state index is 12.0. The lowest BCUT2D eigenvalue weighted by atomic mass is 10.1. The van der Waals surface area contributed by atoms with Crippen LogP contribution < -0.4 is 4.72 Å². The molecule has 2 N–H and O–H groups in total. The molecular formula is C11H15N3O6S. The van der Waals surface area contributed by atoms with Crippen LogP contribution in [0.1, 0.15) is 26.2 Å². The van der Waals surface area contributed by atoms with Crippen molar-refractivity contribution < 1.29 is 23.2 Å². The quantitative estimate of drug-likeness (QED) is 0.536. The van der Waals surface area contributed by atoms with E-state index in [4.69, 9.17) is 5.11 Å². The molecule has 0 aliphatic rings. The summed E-state index contributed by atoms with van der Waals surface area (Å²) in [5.74, 6) is -1.77. The van der Waals surface area contributed by atoms with E-state index >= 15 is 0 Å². The van der Waals surface area contributed by atoms with Gasteiger partial charge in [0, 0.05) is 6.07 Å². The molecular weight excluding hydrogens is 302 g/mol. The molecule has 1 atom stereocenters. The predicted molar refractivity (Wildman–Crippen MR) is 72.2 cm³/mol. The van der Waals surface area contributed by atoms with Crippen molar-refractivity contribution in [2.45, 2.75) is 37.1 Å². The fourth-order valence-electron chi connectivity index (χ4n) is 1.54. The first-order valence-electron chi connectivity index (χ1n) is 6.13. The van der Waals surface area contributed by atoms with Crippen molar-refractivity contribution in [1.29, 1.82) is 0 Å². The second kappa shape index (κ2) is 7.09. The van der Waals surface area contributed by atoms with Crippen molar-refractivity contribution in [3.8, 4) is 0 Å². The average molecular weight is 317 g/mol. The lowest BCUT2D eigenvalue weighted by molar-refractivity contribution is -0.389. The van der Waals surface area contributed by atoms with Gasteiger partial charge >= 0.3 is 11.8 Å². The van der Waals surface area contributed by atoms with E-state index in [1.54, 1.807) is 0 Å². The lowest BCUT2D eigenvalue weighted by Gasteiger charge is -2.13. The van der Waals surface area contributed by atoms with Crippen LogP contribution in [0, 0.1) is 10.1 Å². The Labute approximate surface area is 121 Å². The third kappa shape index (κ3) is 4.76. The Hall–Kier alpha value is -2.07. The molecule has 0 fully saturated rings. The number of pyridine rings is 1. The number of hydrogen-bond acceptors (Lipinski definition) is 6. The molecule has 21 heavy (non-hydrogen) atoms. The second-order valence-corrected chi connectivity index (χ2v) is 5.98. The van der Waals surface area contributed by atoms with Gasteiger partial charge in [-0.05, 0) is 22.4 Å². The summed E-state index contributed by atoms with van der Waals surface area (Å²) in [7, 11) is -4.09. The van der Waals surface area contributed by atoms with E-state index in [2.05, 4.69) is 9.71 Å². The number of nitrogens with zero attached hydrogens (tertiary/aromatic N) is 2. The van der Waals surface area contributed by atoms with E-state index in [0.29, 0.717) is 6.42 Å². The standard InChI is InChI=1S/C11H15N3O6S/c1-2-3-4-9(11(15)16)13-21(19,20)8-5-6-10(12-7-8)14(17)18/h5-7,9,13H,2-4H2,1H3,(H,15,16). The molecule has 0 saturated heterocycles. The van der Waals surface area contributed by atoms with E-state index in [-0.39, 0.29) is 11.3 Å². The Morgan fingerprint density at radius 3 is 2.62 bits per heavy atom. The van der Waals surface area contributed by atoms with E-state index in [1.807, 2.05) is 6.92 Å². The van der Waals surface area contributed by atoms with Gasteiger partial charge in [-0.1, -0.05) is 19.8 Å². The number of aromatic nitrogens is 1. The minimum atomic E-state index is -4.09. The molecule has 1 rings (SSSR count). The second-order valence-electron chi connectivity index (χ2n) is 4.26. The third-order valence-corrected chi connectivity index (χ3v) is 4.12. The van der Waals surface area contributed by atoms with Crippen molar-refractivity contribution in [2.24, 2.45) is 0 Å². The highest BCUT2D eigenvalue weighted by atomic mass is 32.2. The minimum absolute atomic E-state index is 0.158. The van der Waals surface area contributed by atoms with Crippen LogP contribution in [0.15, 0.2) is 23.2 Å². The van der Waals surface area contributed by atoms with Crippen molar-refractivity contribution in [2.75, 3.05) is 0 Å². The summed E-state index contributed by atoms with van der Waals surface area (Å²) in [6.07, 6.45) is 2.26. The Balaban J connectivity index is 2.93. The van der Waals surface area contributed by atoms with E-state index < -0.39 is 32.8 Å².